The van der Waals surface area contributed by atoms with E-state index in [0.717, 1.165) is 12.1 Å². The van der Waals surface area contributed by atoms with Crippen molar-refractivity contribution in [3.8, 4) is 0 Å². The highest BCUT2D eigenvalue weighted by atomic mass is 79.9. The van der Waals surface area contributed by atoms with Crippen LogP contribution in [0.4, 0.5) is 13.2 Å². The molecular weight excluding hydrogens is 349 g/mol. The number of benzene rings is 1. The Morgan fingerprint density at radius 1 is 1.37 bits per heavy atom. The Morgan fingerprint density at radius 2 is 1.95 bits per heavy atom. The van der Waals surface area contributed by atoms with Crippen molar-refractivity contribution < 1.29 is 27.9 Å². The third-order valence-corrected chi connectivity index (χ3v) is 3.30. The highest BCUT2D eigenvalue weighted by Crippen LogP contribution is 2.40. The van der Waals surface area contributed by atoms with Crippen LogP contribution in [-0.4, -0.2) is 27.2 Å². The molecule has 1 rings (SSSR count). The number of hydrogen-bond donors (Lipinski definition) is 1. The molecule has 1 unspecified atom stereocenters. The summed E-state index contributed by atoms with van der Waals surface area (Å²) in [5.74, 6) is -2.15. The molecule has 1 atom stereocenters. The number of carboxylic acid groups (broad SMARTS) is 1. The normalized spacial score (nSPS) is 13.1. The Labute approximate surface area is 119 Å². The van der Waals surface area contributed by atoms with Crippen LogP contribution in [-0.2, 0) is 0 Å². The molecule has 0 bridgehead atoms. The van der Waals surface area contributed by atoms with Gasteiger partial charge >= 0.3 is 11.5 Å². The summed E-state index contributed by atoms with van der Waals surface area (Å²) in [6.45, 7) is 1.42. The van der Waals surface area contributed by atoms with Crippen molar-refractivity contribution >= 4 is 39.4 Å². The SMILES string of the molecule is CC(Br)C(=O)c1c(SC(F)(F)F)cccc1C(=O)O. The molecule has 8 heteroatoms. The second-order valence-electron chi connectivity index (χ2n) is 3.51. The average molecular weight is 357 g/mol. The lowest BCUT2D eigenvalue weighted by Gasteiger charge is -2.13. The van der Waals surface area contributed by atoms with Crippen molar-refractivity contribution in [2.24, 2.45) is 0 Å². The molecule has 0 spiro atoms. The minimum atomic E-state index is -4.60. The summed E-state index contributed by atoms with van der Waals surface area (Å²) in [5.41, 5.74) is -5.46. The van der Waals surface area contributed by atoms with E-state index in [0.29, 0.717) is 0 Å². The lowest BCUT2D eigenvalue weighted by atomic mass is 10.0. The molecule has 1 N–H and O–H groups in total. The zero-order valence-electron chi connectivity index (χ0n) is 9.49. The van der Waals surface area contributed by atoms with Gasteiger partial charge in [0.1, 0.15) is 0 Å². The first-order valence-electron chi connectivity index (χ1n) is 4.94. The maximum atomic E-state index is 12.4. The number of carboxylic acids is 1. The maximum absolute atomic E-state index is 12.4. The first-order valence-corrected chi connectivity index (χ1v) is 6.67. The molecule has 0 saturated carbocycles. The molecule has 0 aromatic heterocycles. The van der Waals surface area contributed by atoms with E-state index < -0.39 is 49.9 Å². The molecule has 0 fully saturated rings. The second kappa shape index (κ2) is 5.96. The van der Waals surface area contributed by atoms with E-state index in [1.807, 2.05) is 0 Å². The van der Waals surface area contributed by atoms with Crippen molar-refractivity contribution in [2.45, 2.75) is 22.2 Å². The highest BCUT2D eigenvalue weighted by Gasteiger charge is 2.33. The molecule has 0 radical (unpaired) electrons. The minimum Gasteiger partial charge on any atom is -0.478 e. The van der Waals surface area contributed by atoms with Crippen molar-refractivity contribution in [3.05, 3.63) is 29.3 Å². The standard InChI is InChI=1S/C11H8BrF3O3S/c1-5(12)9(16)8-6(10(17)18)3-2-4-7(8)19-11(13,14)15/h2-5H,1H3,(H,17,18). The molecular formula is C11H8BrF3O3S. The van der Waals surface area contributed by atoms with Gasteiger partial charge in [-0.2, -0.15) is 13.2 Å². The van der Waals surface area contributed by atoms with E-state index >= 15 is 0 Å². The van der Waals surface area contributed by atoms with Gasteiger partial charge in [-0.1, -0.05) is 22.0 Å². The fourth-order valence-corrected chi connectivity index (χ4v) is 2.31. The van der Waals surface area contributed by atoms with Crippen LogP contribution in [0.3, 0.4) is 0 Å². The molecule has 1 aromatic carbocycles. The topological polar surface area (TPSA) is 54.4 Å². The van der Waals surface area contributed by atoms with Crippen LogP contribution in [0, 0.1) is 0 Å². The van der Waals surface area contributed by atoms with Gasteiger partial charge in [-0.25, -0.2) is 4.79 Å². The molecule has 19 heavy (non-hydrogen) atoms. The first kappa shape index (κ1) is 16.0. The van der Waals surface area contributed by atoms with Crippen LogP contribution in [0.15, 0.2) is 23.1 Å². The third kappa shape index (κ3) is 4.24. The van der Waals surface area contributed by atoms with Crippen LogP contribution >= 0.6 is 27.7 Å². The Balaban J connectivity index is 3.42. The molecule has 0 saturated heterocycles. The summed E-state index contributed by atoms with van der Waals surface area (Å²) >= 11 is 2.44. The Morgan fingerprint density at radius 3 is 2.37 bits per heavy atom. The lowest BCUT2D eigenvalue weighted by Crippen LogP contribution is -2.17. The van der Waals surface area contributed by atoms with Gasteiger partial charge in [-0.3, -0.25) is 4.79 Å². The van der Waals surface area contributed by atoms with E-state index in [1.54, 1.807) is 0 Å². The summed E-state index contributed by atoms with van der Waals surface area (Å²) in [6, 6.07) is 3.35. The van der Waals surface area contributed by atoms with Gasteiger partial charge in [0.2, 0.25) is 0 Å². The number of carbonyl (C=O) groups excluding carboxylic acids is 1. The molecule has 0 aliphatic carbocycles. The van der Waals surface area contributed by atoms with E-state index in [1.165, 1.54) is 13.0 Å². The molecule has 3 nitrogen and oxygen atoms in total. The van der Waals surface area contributed by atoms with Crippen molar-refractivity contribution in [1.29, 1.82) is 0 Å². The molecule has 0 aliphatic heterocycles. The number of alkyl halides is 4. The summed E-state index contributed by atoms with van der Waals surface area (Å²) < 4.78 is 37.2. The van der Waals surface area contributed by atoms with Crippen LogP contribution in [0.1, 0.15) is 27.6 Å². The number of halogens is 4. The van der Waals surface area contributed by atoms with Crippen LogP contribution in [0.25, 0.3) is 0 Å². The van der Waals surface area contributed by atoms with Gasteiger partial charge in [0.05, 0.1) is 10.4 Å². The fourth-order valence-electron chi connectivity index (χ4n) is 1.37. The summed E-state index contributed by atoms with van der Waals surface area (Å²) in [7, 11) is 0. The largest absolute Gasteiger partial charge is 0.478 e. The summed E-state index contributed by atoms with van der Waals surface area (Å²) in [5, 5.41) is 8.96. The van der Waals surface area contributed by atoms with E-state index in [9.17, 15) is 22.8 Å². The van der Waals surface area contributed by atoms with Crippen molar-refractivity contribution in [2.75, 3.05) is 0 Å². The zero-order valence-corrected chi connectivity index (χ0v) is 11.9. The minimum absolute atomic E-state index is 0.413. The van der Waals surface area contributed by atoms with E-state index in [4.69, 9.17) is 5.11 Å². The zero-order chi connectivity index (χ0) is 14.8. The monoisotopic (exact) mass is 356 g/mol. The number of rotatable bonds is 4. The molecule has 104 valence electrons. The van der Waals surface area contributed by atoms with Crippen LogP contribution in [0.5, 0.6) is 0 Å². The predicted octanol–water partition coefficient (Wildman–Crippen LogP) is 3.96. The van der Waals surface area contributed by atoms with Gasteiger partial charge in [-0.05, 0) is 30.8 Å². The van der Waals surface area contributed by atoms with Gasteiger partial charge in [0.15, 0.2) is 5.78 Å². The summed E-state index contributed by atoms with van der Waals surface area (Å²) in [4.78, 5) is 21.7. The van der Waals surface area contributed by atoms with Crippen LogP contribution < -0.4 is 0 Å². The molecule has 1 aromatic rings. The van der Waals surface area contributed by atoms with Crippen molar-refractivity contribution in [1.82, 2.24) is 0 Å². The number of Topliss-reactive ketones (excluding diaryl/α,β-unsaturated/α-hetero) is 1. The second-order valence-corrected chi connectivity index (χ2v) is 5.99. The smallest absolute Gasteiger partial charge is 0.446 e. The van der Waals surface area contributed by atoms with E-state index in [2.05, 4.69) is 15.9 Å². The third-order valence-electron chi connectivity index (χ3n) is 2.09. The van der Waals surface area contributed by atoms with E-state index in [-0.39, 0.29) is 0 Å². The number of aromatic carboxylic acids is 1. The average Bonchev–Trinajstić information content (AvgIpc) is 2.25. The van der Waals surface area contributed by atoms with Gasteiger partial charge in [0.25, 0.3) is 0 Å². The van der Waals surface area contributed by atoms with Gasteiger partial charge < -0.3 is 5.11 Å². The quantitative estimate of drug-likeness (QED) is 0.504. The highest BCUT2D eigenvalue weighted by molar-refractivity contribution is 9.10. The number of hydrogen-bond acceptors (Lipinski definition) is 3. The number of thioether (sulfide) groups is 1. The Hall–Kier alpha value is -1.02. The first-order chi connectivity index (χ1) is 8.63. The van der Waals surface area contributed by atoms with Crippen molar-refractivity contribution in [3.63, 3.8) is 0 Å². The van der Waals surface area contributed by atoms with Gasteiger partial charge in [-0.15, -0.1) is 0 Å². The molecule has 0 heterocycles. The molecule has 0 aliphatic rings. The fraction of sp³-hybridized carbons (Fsp3) is 0.273. The number of ketones is 1. The Bertz CT molecular complexity index is 514. The maximum Gasteiger partial charge on any atom is 0.446 e. The van der Waals surface area contributed by atoms with Gasteiger partial charge in [0, 0.05) is 10.5 Å². The summed E-state index contributed by atoms with van der Waals surface area (Å²) in [6.07, 6.45) is 0. The predicted molar refractivity (Wildman–Crippen MR) is 68.0 cm³/mol. The van der Waals surface area contributed by atoms with Crippen LogP contribution in [0.2, 0.25) is 0 Å². The lowest BCUT2D eigenvalue weighted by molar-refractivity contribution is -0.0328. The Kier molecular flexibility index (Phi) is 5.03. The molecule has 0 amide bonds. The number of carbonyl (C=O) groups is 2.